The summed E-state index contributed by atoms with van der Waals surface area (Å²) in [4.78, 5) is 14.4. The molecule has 2 rings (SSSR count). The van der Waals surface area contributed by atoms with E-state index in [2.05, 4.69) is 22.0 Å². The Morgan fingerprint density at radius 2 is 1.71 bits per heavy atom. The predicted molar refractivity (Wildman–Crippen MR) is 96.8 cm³/mol. The van der Waals surface area contributed by atoms with Gasteiger partial charge < -0.3 is 10.2 Å². The van der Waals surface area contributed by atoms with Gasteiger partial charge in [-0.15, -0.1) is 0 Å². The zero-order chi connectivity index (χ0) is 17.4. The molecule has 0 aromatic carbocycles. The summed E-state index contributed by atoms with van der Waals surface area (Å²) in [7, 11) is 0. The van der Waals surface area contributed by atoms with Gasteiger partial charge >= 0.3 is 0 Å². The van der Waals surface area contributed by atoms with Crippen molar-refractivity contribution in [1.82, 2.24) is 9.97 Å². The maximum Gasteiger partial charge on any atom is 0.117 e. The standard InChI is InChI=1S/C19H24N4O/c1-4-16-8-5-12-19(21-16)15(3)23-24-13-7-10-17-9-6-11-18(22-17)14(2)20/h5-6,8-9,11-12,20H,4,7,10,13H2,1-3H3/b20-14?,23-15+. The Labute approximate surface area is 143 Å². The number of oxime groups is 1. The number of rotatable bonds is 8. The van der Waals surface area contributed by atoms with Gasteiger partial charge in [-0.2, -0.15) is 0 Å². The minimum Gasteiger partial charge on any atom is -0.396 e. The van der Waals surface area contributed by atoms with Crippen molar-refractivity contribution in [3.63, 3.8) is 0 Å². The zero-order valence-corrected chi connectivity index (χ0v) is 14.5. The van der Waals surface area contributed by atoms with Gasteiger partial charge in [-0.05, 0) is 57.4 Å². The Kier molecular flexibility index (Phi) is 6.61. The van der Waals surface area contributed by atoms with E-state index in [9.17, 15) is 0 Å². The molecule has 5 heteroatoms. The monoisotopic (exact) mass is 324 g/mol. The fourth-order valence-corrected chi connectivity index (χ4v) is 2.21. The van der Waals surface area contributed by atoms with E-state index in [4.69, 9.17) is 10.2 Å². The van der Waals surface area contributed by atoms with E-state index in [1.54, 1.807) is 6.92 Å². The molecule has 5 nitrogen and oxygen atoms in total. The molecule has 0 spiro atoms. The van der Waals surface area contributed by atoms with Crippen LogP contribution in [-0.2, 0) is 17.7 Å². The first-order valence-corrected chi connectivity index (χ1v) is 8.24. The summed E-state index contributed by atoms with van der Waals surface area (Å²) in [5.41, 5.74) is 4.87. The van der Waals surface area contributed by atoms with Crippen molar-refractivity contribution in [2.45, 2.75) is 40.0 Å². The van der Waals surface area contributed by atoms with Crippen molar-refractivity contribution in [2.75, 3.05) is 6.61 Å². The Balaban J connectivity index is 1.81. The van der Waals surface area contributed by atoms with Crippen molar-refractivity contribution < 1.29 is 4.84 Å². The highest BCUT2D eigenvalue weighted by Crippen LogP contribution is 2.05. The lowest BCUT2D eigenvalue weighted by molar-refractivity contribution is 0.141. The summed E-state index contributed by atoms with van der Waals surface area (Å²) < 4.78 is 0. The Morgan fingerprint density at radius 3 is 2.42 bits per heavy atom. The maximum absolute atomic E-state index is 7.62. The van der Waals surface area contributed by atoms with Crippen LogP contribution in [0.4, 0.5) is 0 Å². The van der Waals surface area contributed by atoms with E-state index in [0.29, 0.717) is 12.3 Å². The van der Waals surface area contributed by atoms with Gasteiger partial charge in [-0.3, -0.25) is 9.97 Å². The van der Waals surface area contributed by atoms with Crippen LogP contribution in [0.1, 0.15) is 50.0 Å². The summed E-state index contributed by atoms with van der Waals surface area (Å²) >= 11 is 0. The van der Waals surface area contributed by atoms with Crippen LogP contribution in [-0.4, -0.2) is 28.0 Å². The lowest BCUT2D eigenvalue weighted by Crippen LogP contribution is -2.03. The van der Waals surface area contributed by atoms with Gasteiger partial charge in [-0.25, -0.2) is 0 Å². The first kappa shape index (κ1) is 17.8. The average Bonchev–Trinajstić information content (AvgIpc) is 2.61. The van der Waals surface area contributed by atoms with E-state index in [1.165, 1.54) is 0 Å². The highest BCUT2D eigenvalue weighted by atomic mass is 16.6. The van der Waals surface area contributed by atoms with Gasteiger partial charge in [-0.1, -0.05) is 24.2 Å². The van der Waals surface area contributed by atoms with Crippen LogP contribution >= 0.6 is 0 Å². The SMILES string of the molecule is CCc1cccc(/C(C)=N/OCCCc2cccc(C(C)=N)n2)n1. The fraction of sp³-hybridized carbons (Fsp3) is 0.368. The highest BCUT2D eigenvalue weighted by Gasteiger charge is 2.02. The summed E-state index contributed by atoms with van der Waals surface area (Å²) in [5.74, 6) is 0. The van der Waals surface area contributed by atoms with Crippen LogP contribution in [0.25, 0.3) is 0 Å². The van der Waals surface area contributed by atoms with Gasteiger partial charge in [0.2, 0.25) is 0 Å². The van der Waals surface area contributed by atoms with E-state index < -0.39 is 0 Å². The van der Waals surface area contributed by atoms with Gasteiger partial charge in [0.15, 0.2) is 0 Å². The van der Waals surface area contributed by atoms with Crippen LogP contribution in [0, 0.1) is 5.41 Å². The number of pyridine rings is 2. The molecule has 0 aliphatic carbocycles. The molecule has 0 aliphatic rings. The molecule has 2 aromatic rings. The van der Waals surface area contributed by atoms with Crippen molar-refractivity contribution in [2.24, 2.45) is 5.16 Å². The van der Waals surface area contributed by atoms with Crippen molar-refractivity contribution >= 4 is 11.4 Å². The highest BCUT2D eigenvalue weighted by molar-refractivity contribution is 5.96. The van der Waals surface area contributed by atoms with Crippen molar-refractivity contribution in [3.05, 3.63) is 59.2 Å². The lowest BCUT2D eigenvalue weighted by Gasteiger charge is -2.05. The summed E-state index contributed by atoms with van der Waals surface area (Å²) in [6, 6.07) is 11.7. The predicted octanol–water partition coefficient (Wildman–Crippen LogP) is 3.80. The molecule has 0 unspecified atom stereocenters. The molecule has 0 aliphatic heterocycles. The van der Waals surface area contributed by atoms with Crippen LogP contribution in [0.3, 0.4) is 0 Å². The second-order valence-electron chi connectivity index (χ2n) is 5.62. The van der Waals surface area contributed by atoms with E-state index >= 15 is 0 Å². The largest absolute Gasteiger partial charge is 0.396 e. The smallest absolute Gasteiger partial charge is 0.117 e. The number of nitrogens with one attached hydrogen (secondary N) is 1. The lowest BCUT2D eigenvalue weighted by atomic mass is 10.2. The number of hydrogen-bond acceptors (Lipinski definition) is 5. The topological polar surface area (TPSA) is 71.2 Å². The molecule has 0 radical (unpaired) electrons. The normalized spacial score (nSPS) is 11.4. The second-order valence-corrected chi connectivity index (χ2v) is 5.62. The third kappa shape index (κ3) is 5.26. The Hall–Kier alpha value is -2.56. The maximum atomic E-state index is 7.62. The van der Waals surface area contributed by atoms with Crippen LogP contribution < -0.4 is 0 Å². The van der Waals surface area contributed by atoms with E-state index in [0.717, 1.165) is 47.7 Å². The van der Waals surface area contributed by atoms with Gasteiger partial charge in [0.25, 0.3) is 0 Å². The Morgan fingerprint density at radius 1 is 1.04 bits per heavy atom. The minimum atomic E-state index is 0.482. The zero-order valence-electron chi connectivity index (χ0n) is 14.5. The third-order valence-electron chi connectivity index (χ3n) is 3.60. The number of nitrogens with zero attached hydrogens (tertiary/aromatic N) is 3. The Bertz CT molecular complexity index is 725. The molecular formula is C19H24N4O. The molecule has 0 saturated carbocycles. The summed E-state index contributed by atoms with van der Waals surface area (Å²) in [6.07, 6.45) is 2.54. The first-order chi connectivity index (χ1) is 11.6. The molecule has 0 saturated heterocycles. The molecule has 1 N–H and O–H groups in total. The summed E-state index contributed by atoms with van der Waals surface area (Å²) in [6.45, 7) is 6.26. The quantitative estimate of drug-likeness (QED) is 0.456. The molecule has 24 heavy (non-hydrogen) atoms. The van der Waals surface area contributed by atoms with Gasteiger partial charge in [0, 0.05) is 11.4 Å². The van der Waals surface area contributed by atoms with Crippen LogP contribution in [0.2, 0.25) is 0 Å². The molecular weight excluding hydrogens is 300 g/mol. The molecule has 0 amide bonds. The molecule has 126 valence electrons. The number of aryl methyl sites for hydroxylation is 2. The minimum absolute atomic E-state index is 0.482. The van der Waals surface area contributed by atoms with E-state index in [1.807, 2.05) is 43.3 Å². The summed E-state index contributed by atoms with van der Waals surface area (Å²) in [5, 5.41) is 11.8. The van der Waals surface area contributed by atoms with Crippen molar-refractivity contribution in [1.29, 1.82) is 5.41 Å². The fourth-order valence-electron chi connectivity index (χ4n) is 2.21. The molecule has 0 fully saturated rings. The molecule has 0 atom stereocenters. The molecule has 2 aromatic heterocycles. The molecule has 2 heterocycles. The molecule has 0 bridgehead atoms. The van der Waals surface area contributed by atoms with Gasteiger partial charge in [0.1, 0.15) is 12.3 Å². The van der Waals surface area contributed by atoms with Gasteiger partial charge in [0.05, 0.1) is 17.1 Å². The van der Waals surface area contributed by atoms with Crippen molar-refractivity contribution in [3.8, 4) is 0 Å². The average molecular weight is 324 g/mol. The second kappa shape index (κ2) is 8.91. The van der Waals surface area contributed by atoms with E-state index in [-0.39, 0.29) is 0 Å². The van der Waals surface area contributed by atoms with Crippen LogP contribution in [0.5, 0.6) is 0 Å². The number of hydrogen-bond donors (Lipinski definition) is 1. The third-order valence-corrected chi connectivity index (χ3v) is 3.60. The number of aromatic nitrogens is 2. The first-order valence-electron chi connectivity index (χ1n) is 8.24. The van der Waals surface area contributed by atoms with Crippen LogP contribution in [0.15, 0.2) is 41.6 Å².